The molecule has 0 N–H and O–H groups in total. The molecule has 11 heavy (non-hydrogen) atoms. The second-order valence-corrected chi connectivity index (χ2v) is 3.11. The molecule has 0 spiro atoms. The van der Waals surface area contributed by atoms with E-state index >= 15 is 0 Å². The molecule has 0 radical (unpaired) electrons. The molecule has 0 aromatic rings. The van der Waals surface area contributed by atoms with E-state index in [2.05, 4.69) is 32.8 Å². The van der Waals surface area contributed by atoms with Crippen LogP contribution in [0.5, 0.6) is 0 Å². The van der Waals surface area contributed by atoms with E-state index in [1.807, 2.05) is 0 Å². The Hall–Kier alpha value is -0.0800. The number of rotatable bonds is 6. The highest BCUT2D eigenvalue weighted by molar-refractivity contribution is 4.51. The van der Waals surface area contributed by atoms with Crippen LogP contribution >= 0.6 is 0 Å². The van der Waals surface area contributed by atoms with Crippen LogP contribution in [0.25, 0.3) is 0 Å². The first-order valence-electron chi connectivity index (χ1n) is 4.47. The Balaban J connectivity index is 3.21. The molecule has 0 rings (SSSR count). The van der Waals surface area contributed by atoms with Gasteiger partial charge in [-0.2, -0.15) is 0 Å². The van der Waals surface area contributed by atoms with Crippen LogP contribution in [0.3, 0.4) is 0 Å². The average molecular weight is 159 g/mol. The second kappa shape index (κ2) is 6.62. The lowest BCUT2D eigenvalue weighted by atomic mass is 10.2. The summed E-state index contributed by atoms with van der Waals surface area (Å²) in [5, 5.41) is 0. The van der Waals surface area contributed by atoms with Crippen molar-refractivity contribution in [3.05, 3.63) is 0 Å². The monoisotopic (exact) mass is 159 g/mol. The van der Waals surface area contributed by atoms with E-state index in [1.54, 1.807) is 0 Å². The lowest BCUT2D eigenvalue weighted by Crippen LogP contribution is -2.21. The summed E-state index contributed by atoms with van der Waals surface area (Å²) >= 11 is 0. The van der Waals surface area contributed by atoms with Gasteiger partial charge in [-0.3, -0.25) is 0 Å². The first-order valence-corrected chi connectivity index (χ1v) is 4.47. The SMILES string of the molecule is CCC(CC)OCCN(C)C. The minimum atomic E-state index is 0.468. The summed E-state index contributed by atoms with van der Waals surface area (Å²) in [5.41, 5.74) is 0. The van der Waals surface area contributed by atoms with E-state index in [4.69, 9.17) is 4.74 Å². The smallest absolute Gasteiger partial charge is 0.0596 e. The van der Waals surface area contributed by atoms with Crippen molar-refractivity contribution in [3.8, 4) is 0 Å². The fourth-order valence-corrected chi connectivity index (χ4v) is 0.926. The topological polar surface area (TPSA) is 12.5 Å². The Morgan fingerprint density at radius 1 is 1.18 bits per heavy atom. The van der Waals surface area contributed by atoms with Crippen molar-refractivity contribution < 1.29 is 4.74 Å². The zero-order chi connectivity index (χ0) is 8.69. The molecule has 0 aromatic carbocycles. The Morgan fingerprint density at radius 2 is 1.73 bits per heavy atom. The zero-order valence-electron chi connectivity index (χ0n) is 8.26. The maximum absolute atomic E-state index is 5.61. The Bertz CT molecular complexity index is 79.6. The Morgan fingerprint density at radius 3 is 2.09 bits per heavy atom. The van der Waals surface area contributed by atoms with Crippen molar-refractivity contribution in [1.82, 2.24) is 4.90 Å². The molecule has 0 aliphatic heterocycles. The number of nitrogens with zero attached hydrogens (tertiary/aromatic N) is 1. The van der Waals surface area contributed by atoms with Crippen LogP contribution in [0.1, 0.15) is 26.7 Å². The van der Waals surface area contributed by atoms with Crippen LogP contribution in [0.2, 0.25) is 0 Å². The van der Waals surface area contributed by atoms with Crippen molar-refractivity contribution >= 4 is 0 Å². The summed E-state index contributed by atoms with van der Waals surface area (Å²) in [5.74, 6) is 0. The highest BCUT2D eigenvalue weighted by atomic mass is 16.5. The van der Waals surface area contributed by atoms with E-state index in [0.717, 1.165) is 26.0 Å². The summed E-state index contributed by atoms with van der Waals surface area (Å²) < 4.78 is 5.61. The maximum Gasteiger partial charge on any atom is 0.0596 e. The van der Waals surface area contributed by atoms with Crippen molar-refractivity contribution in [2.75, 3.05) is 27.2 Å². The highest BCUT2D eigenvalue weighted by Crippen LogP contribution is 2.01. The van der Waals surface area contributed by atoms with Crippen molar-refractivity contribution in [1.29, 1.82) is 0 Å². The second-order valence-electron chi connectivity index (χ2n) is 3.11. The molecule has 0 aliphatic carbocycles. The van der Waals surface area contributed by atoms with E-state index in [0.29, 0.717) is 6.10 Å². The van der Waals surface area contributed by atoms with E-state index in [1.165, 1.54) is 0 Å². The number of ether oxygens (including phenoxy) is 1. The minimum Gasteiger partial charge on any atom is -0.377 e. The summed E-state index contributed by atoms with van der Waals surface area (Å²) in [6, 6.07) is 0. The van der Waals surface area contributed by atoms with E-state index in [-0.39, 0.29) is 0 Å². The van der Waals surface area contributed by atoms with Gasteiger partial charge in [-0.25, -0.2) is 0 Å². The molecule has 0 saturated heterocycles. The predicted octanol–water partition coefficient (Wildman–Crippen LogP) is 1.75. The first-order chi connectivity index (χ1) is 5.20. The van der Waals surface area contributed by atoms with Gasteiger partial charge in [0.1, 0.15) is 0 Å². The van der Waals surface area contributed by atoms with Gasteiger partial charge < -0.3 is 9.64 Å². The fraction of sp³-hybridized carbons (Fsp3) is 1.00. The third kappa shape index (κ3) is 6.32. The molecule has 2 heteroatoms. The predicted molar refractivity (Wildman–Crippen MR) is 48.9 cm³/mol. The zero-order valence-corrected chi connectivity index (χ0v) is 8.26. The number of likely N-dealkylation sites (N-methyl/N-ethyl adjacent to an activating group) is 1. The molecule has 0 heterocycles. The minimum absolute atomic E-state index is 0.468. The van der Waals surface area contributed by atoms with Crippen LogP contribution < -0.4 is 0 Å². The summed E-state index contributed by atoms with van der Waals surface area (Å²) in [6.07, 6.45) is 2.73. The van der Waals surface area contributed by atoms with Crippen molar-refractivity contribution in [2.45, 2.75) is 32.8 Å². The summed E-state index contributed by atoms with van der Waals surface area (Å²) in [6.45, 7) is 6.23. The third-order valence-electron chi connectivity index (χ3n) is 1.80. The lowest BCUT2D eigenvalue weighted by Gasteiger charge is -2.15. The molecular formula is C9H21NO. The maximum atomic E-state index is 5.61. The molecular weight excluding hydrogens is 138 g/mol. The van der Waals surface area contributed by atoms with Crippen LogP contribution in [0.4, 0.5) is 0 Å². The summed E-state index contributed by atoms with van der Waals surface area (Å²) in [4.78, 5) is 2.14. The molecule has 0 unspecified atom stereocenters. The first kappa shape index (κ1) is 10.9. The fourth-order valence-electron chi connectivity index (χ4n) is 0.926. The standard InChI is InChI=1S/C9H21NO/c1-5-9(6-2)11-8-7-10(3)4/h9H,5-8H2,1-4H3. The van der Waals surface area contributed by atoms with Gasteiger partial charge in [0.15, 0.2) is 0 Å². The van der Waals surface area contributed by atoms with Crippen LogP contribution in [-0.2, 0) is 4.74 Å². The van der Waals surface area contributed by atoms with Gasteiger partial charge in [-0.05, 0) is 26.9 Å². The Kier molecular flexibility index (Phi) is 6.57. The third-order valence-corrected chi connectivity index (χ3v) is 1.80. The molecule has 0 amide bonds. The molecule has 0 atom stereocenters. The van der Waals surface area contributed by atoms with Crippen molar-refractivity contribution in [2.24, 2.45) is 0 Å². The van der Waals surface area contributed by atoms with Gasteiger partial charge in [0.05, 0.1) is 12.7 Å². The van der Waals surface area contributed by atoms with Gasteiger partial charge in [-0.1, -0.05) is 13.8 Å². The Labute approximate surface area is 70.5 Å². The number of hydrogen-bond acceptors (Lipinski definition) is 2. The molecule has 0 aliphatic rings. The molecule has 0 bridgehead atoms. The van der Waals surface area contributed by atoms with E-state index < -0.39 is 0 Å². The summed E-state index contributed by atoms with van der Waals surface area (Å²) in [7, 11) is 4.13. The average Bonchev–Trinajstić information content (AvgIpc) is 1.98. The quantitative estimate of drug-likeness (QED) is 0.585. The molecule has 68 valence electrons. The van der Waals surface area contributed by atoms with Gasteiger partial charge >= 0.3 is 0 Å². The van der Waals surface area contributed by atoms with Gasteiger partial charge in [0.25, 0.3) is 0 Å². The molecule has 0 fully saturated rings. The van der Waals surface area contributed by atoms with Gasteiger partial charge in [0.2, 0.25) is 0 Å². The van der Waals surface area contributed by atoms with E-state index in [9.17, 15) is 0 Å². The lowest BCUT2D eigenvalue weighted by molar-refractivity contribution is 0.0397. The molecule has 0 aromatic heterocycles. The van der Waals surface area contributed by atoms with Gasteiger partial charge in [0, 0.05) is 6.54 Å². The van der Waals surface area contributed by atoms with Crippen LogP contribution in [0.15, 0.2) is 0 Å². The number of hydrogen-bond donors (Lipinski definition) is 0. The van der Waals surface area contributed by atoms with Gasteiger partial charge in [-0.15, -0.1) is 0 Å². The molecule has 0 saturated carbocycles. The van der Waals surface area contributed by atoms with Crippen LogP contribution in [-0.4, -0.2) is 38.3 Å². The van der Waals surface area contributed by atoms with Crippen molar-refractivity contribution in [3.63, 3.8) is 0 Å². The van der Waals surface area contributed by atoms with Crippen LogP contribution in [0, 0.1) is 0 Å². The molecule has 2 nitrogen and oxygen atoms in total. The highest BCUT2D eigenvalue weighted by Gasteiger charge is 2.01. The normalized spacial score (nSPS) is 11.5. The largest absolute Gasteiger partial charge is 0.377 e.